The van der Waals surface area contributed by atoms with Gasteiger partial charge < -0.3 is 4.74 Å². The largest absolute Gasteiger partial charge is 0.482 e. The van der Waals surface area contributed by atoms with E-state index < -0.39 is 11.2 Å². The number of hydrogen-bond donors (Lipinski definition) is 0. The van der Waals surface area contributed by atoms with Crippen molar-refractivity contribution in [2.24, 2.45) is 11.8 Å². The summed E-state index contributed by atoms with van der Waals surface area (Å²) in [5, 5.41) is -0.605. The van der Waals surface area contributed by atoms with Gasteiger partial charge in [0.2, 0.25) is 16.2 Å². The second-order valence-corrected chi connectivity index (χ2v) is 7.64. The number of likely N-dealkylation sites (tertiary alicyclic amines) is 1. The fraction of sp³-hybridized carbons (Fsp3) is 0.350. The Morgan fingerprint density at radius 1 is 1.38 bits per heavy atom. The lowest BCUT2D eigenvalue weighted by Gasteiger charge is -2.14. The normalized spacial score (nSPS) is 20.3. The Morgan fingerprint density at radius 2 is 2.08 bits per heavy atom. The fourth-order valence-electron chi connectivity index (χ4n) is 2.55. The number of thiocarbonyl (C=S) groups is 1. The van der Waals surface area contributed by atoms with Crippen molar-refractivity contribution in [1.82, 2.24) is 4.90 Å². The minimum absolute atomic E-state index is 0.0359. The summed E-state index contributed by atoms with van der Waals surface area (Å²) in [5.41, 5.74) is 0.902. The van der Waals surface area contributed by atoms with E-state index in [9.17, 15) is 9.59 Å². The molecule has 1 aliphatic heterocycles. The lowest BCUT2D eigenvalue weighted by molar-refractivity contribution is -0.139. The first-order valence-corrected chi connectivity index (χ1v) is 9.51. The molecule has 1 aliphatic rings. The van der Waals surface area contributed by atoms with E-state index in [0.717, 1.165) is 17.3 Å². The standard InChI is InChI=1S/C20H21NO3S2/c1-4-14(2)9-8-12-16-17(26-20(25)24-3)19(23)21(18(16)22)13-15-10-6-5-7-11-15/h4-7,10-11,14,16-17H,1,12-13H2,2-3H3/t14?,16-,17-/m1/s1. The molecule has 1 saturated heterocycles. The van der Waals surface area contributed by atoms with Crippen LogP contribution in [0.2, 0.25) is 0 Å². The van der Waals surface area contributed by atoms with Gasteiger partial charge in [-0.2, -0.15) is 0 Å². The molecule has 1 aromatic rings. The number of benzene rings is 1. The van der Waals surface area contributed by atoms with Crippen LogP contribution in [0.4, 0.5) is 0 Å². The van der Waals surface area contributed by atoms with Crippen molar-refractivity contribution in [3.8, 4) is 11.8 Å². The molecule has 0 bridgehead atoms. The minimum Gasteiger partial charge on any atom is -0.482 e. The SMILES string of the molecule is C=CC(C)C#CC[C@H]1C(=O)N(Cc2ccccc2)C(=O)[C@@H]1SC(=S)OC. The molecule has 0 aliphatic carbocycles. The molecule has 1 unspecified atom stereocenters. The number of ether oxygens (including phenoxy) is 1. The zero-order valence-electron chi connectivity index (χ0n) is 14.8. The highest BCUT2D eigenvalue weighted by Crippen LogP contribution is 2.34. The minimum atomic E-state index is -0.605. The maximum Gasteiger partial charge on any atom is 0.243 e. The topological polar surface area (TPSA) is 46.6 Å². The van der Waals surface area contributed by atoms with Crippen molar-refractivity contribution in [3.05, 3.63) is 48.6 Å². The quantitative estimate of drug-likeness (QED) is 0.335. The summed E-state index contributed by atoms with van der Waals surface area (Å²) < 4.78 is 5.27. The first-order valence-electron chi connectivity index (χ1n) is 8.22. The number of methoxy groups -OCH3 is 1. The van der Waals surface area contributed by atoms with Crippen LogP contribution < -0.4 is 0 Å². The van der Waals surface area contributed by atoms with Gasteiger partial charge in [-0.25, -0.2) is 0 Å². The number of imide groups is 1. The number of amides is 2. The van der Waals surface area contributed by atoms with E-state index in [0.29, 0.717) is 6.42 Å². The lowest BCUT2D eigenvalue weighted by atomic mass is 10.0. The Kier molecular flexibility index (Phi) is 7.43. The van der Waals surface area contributed by atoms with Crippen molar-refractivity contribution in [2.45, 2.75) is 25.1 Å². The third-order valence-corrected chi connectivity index (χ3v) is 5.64. The molecular formula is C20H21NO3S2. The number of carbonyl (C=O) groups is 2. The molecule has 1 fully saturated rings. The van der Waals surface area contributed by atoms with Crippen LogP contribution in [0, 0.1) is 23.7 Å². The van der Waals surface area contributed by atoms with Crippen LogP contribution in [-0.4, -0.2) is 33.5 Å². The second kappa shape index (κ2) is 9.56. The van der Waals surface area contributed by atoms with Crippen molar-refractivity contribution in [3.63, 3.8) is 0 Å². The molecule has 4 nitrogen and oxygen atoms in total. The third-order valence-electron chi connectivity index (χ3n) is 4.04. The first-order chi connectivity index (χ1) is 12.5. The summed E-state index contributed by atoms with van der Waals surface area (Å²) in [4.78, 5) is 27.0. The van der Waals surface area contributed by atoms with Gasteiger partial charge >= 0.3 is 0 Å². The molecule has 0 N–H and O–H groups in total. The molecule has 0 aromatic heterocycles. The number of rotatable bonds is 5. The molecule has 26 heavy (non-hydrogen) atoms. The van der Waals surface area contributed by atoms with Crippen molar-refractivity contribution < 1.29 is 14.3 Å². The van der Waals surface area contributed by atoms with Gasteiger partial charge in [0, 0.05) is 12.3 Å². The molecule has 0 saturated carbocycles. The summed E-state index contributed by atoms with van der Waals surface area (Å²) in [6.07, 6.45) is 2.04. The Balaban J connectivity index is 2.22. The Morgan fingerprint density at radius 3 is 2.69 bits per heavy atom. The summed E-state index contributed by atoms with van der Waals surface area (Å²) in [5.74, 6) is 5.09. The third kappa shape index (κ3) is 4.96. The van der Waals surface area contributed by atoms with E-state index in [1.54, 1.807) is 6.08 Å². The molecule has 0 spiro atoms. The van der Waals surface area contributed by atoms with Gasteiger partial charge in [0.1, 0.15) is 5.25 Å². The number of hydrogen-bond acceptors (Lipinski definition) is 5. The van der Waals surface area contributed by atoms with Crippen LogP contribution in [-0.2, 0) is 20.9 Å². The van der Waals surface area contributed by atoms with Gasteiger partial charge in [-0.15, -0.1) is 12.5 Å². The summed E-state index contributed by atoms with van der Waals surface area (Å²) in [6.45, 7) is 5.87. The van der Waals surface area contributed by atoms with Gasteiger partial charge in [0.05, 0.1) is 19.6 Å². The highest BCUT2D eigenvalue weighted by molar-refractivity contribution is 8.23. The molecule has 0 radical (unpaired) electrons. The van der Waals surface area contributed by atoms with Crippen LogP contribution in [0.15, 0.2) is 43.0 Å². The van der Waals surface area contributed by atoms with Crippen LogP contribution in [0.5, 0.6) is 0 Å². The van der Waals surface area contributed by atoms with Crippen molar-refractivity contribution >= 4 is 40.2 Å². The lowest BCUT2D eigenvalue weighted by Crippen LogP contribution is -2.31. The predicted octanol–water partition coefficient (Wildman–Crippen LogP) is 3.42. The molecule has 1 heterocycles. The average molecular weight is 388 g/mol. The Hall–Kier alpha value is -2.10. The van der Waals surface area contributed by atoms with Crippen molar-refractivity contribution in [2.75, 3.05) is 7.11 Å². The van der Waals surface area contributed by atoms with Gasteiger partial charge in [-0.3, -0.25) is 14.5 Å². The second-order valence-electron chi connectivity index (χ2n) is 5.90. The fourth-order valence-corrected chi connectivity index (χ4v) is 3.77. The maximum absolute atomic E-state index is 12.9. The molecule has 3 atom stereocenters. The van der Waals surface area contributed by atoms with Gasteiger partial charge in [-0.1, -0.05) is 54.1 Å². The molecule has 136 valence electrons. The number of nitrogens with zero attached hydrogens (tertiary/aromatic N) is 1. The Labute approximate surface area is 164 Å². The van der Waals surface area contributed by atoms with Crippen LogP contribution >= 0.6 is 24.0 Å². The van der Waals surface area contributed by atoms with E-state index in [1.165, 1.54) is 12.0 Å². The molecule has 2 amide bonds. The zero-order chi connectivity index (χ0) is 19.1. The van der Waals surface area contributed by atoms with E-state index >= 15 is 0 Å². The molecular weight excluding hydrogens is 366 g/mol. The van der Waals surface area contributed by atoms with Gasteiger partial charge in [0.25, 0.3) is 0 Å². The maximum atomic E-state index is 12.9. The highest BCUT2D eigenvalue weighted by Gasteiger charge is 2.48. The van der Waals surface area contributed by atoms with E-state index in [1.807, 2.05) is 37.3 Å². The monoisotopic (exact) mass is 387 g/mol. The number of thioether (sulfide) groups is 1. The van der Waals surface area contributed by atoms with Crippen LogP contribution in [0.1, 0.15) is 18.9 Å². The van der Waals surface area contributed by atoms with E-state index in [4.69, 9.17) is 17.0 Å². The highest BCUT2D eigenvalue weighted by atomic mass is 32.2. The number of carbonyl (C=O) groups excluding carboxylic acids is 2. The molecule has 2 rings (SSSR count). The van der Waals surface area contributed by atoms with E-state index in [-0.39, 0.29) is 28.7 Å². The summed E-state index contributed by atoms with van der Waals surface area (Å²) in [7, 11) is 1.46. The molecule has 6 heteroatoms. The smallest absolute Gasteiger partial charge is 0.243 e. The zero-order valence-corrected chi connectivity index (χ0v) is 16.4. The predicted molar refractivity (Wildman–Crippen MR) is 108 cm³/mol. The average Bonchev–Trinajstić information content (AvgIpc) is 2.87. The van der Waals surface area contributed by atoms with Gasteiger partial charge in [-0.05, 0) is 24.7 Å². The number of allylic oxidation sites excluding steroid dienone is 1. The Bertz CT molecular complexity index is 751. The van der Waals surface area contributed by atoms with Gasteiger partial charge in [0.15, 0.2) is 0 Å². The van der Waals surface area contributed by atoms with Crippen LogP contribution in [0.25, 0.3) is 0 Å². The van der Waals surface area contributed by atoms with E-state index in [2.05, 4.69) is 18.4 Å². The first kappa shape index (κ1) is 20.2. The molecule has 1 aromatic carbocycles. The van der Waals surface area contributed by atoms with Crippen molar-refractivity contribution in [1.29, 1.82) is 0 Å². The summed E-state index contributed by atoms with van der Waals surface area (Å²) >= 11 is 6.20. The van der Waals surface area contributed by atoms with Crippen LogP contribution in [0.3, 0.4) is 0 Å². The summed E-state index contributed by atoms with van der Waals surface area (Å²) in [6, 6.07) is 9.44.